The van der Waals surface area contributed by atoms with Crippen molar-refractivity contribution in [3.63, 3.8) is 0 Å². The number of carbonyl (C=O) groups excluding carboxylic acids is 1. The minimum atomic E-state index is -0.386. The van der Waals surface area contributed by atoms with E-state index in [1.807, 2.05) is 16.7 Å². The topological polar surface area (TPSA) is 49.8 Å². The molecular formula is C11H21NO3S. The Kier molecular flexibility index (Phi) is 6.16. The molecule has 0 aromatic rings. The quantitative estimate of drug-likeness (QED) is 0.554. The smallest absolute Gasteiger partial charge is 0.323 e. The first-order chi connectivity index (χ1) is 7.69. The van der Waals surface area contributed by atoms with E-state index in [-0.39, 0.29) is 18.1 Å². The number of rotatable bonds is 6. The lowest BCUT2D eigenvalue weighted by molar-refractivity contribution is -0.145. The molecule has 2 atom stereocenters. The van der Waals surface area contributed by atoms with Gasteiger partial charge in [0.15, 0.2) is 0 Å². The highest BCUT2D eigenvalue weighted by molar-refractivity contribution is 7.99. The van der Waals surface area contributed by atoms with Gasteiger partial charge in [0.1, 0.15) is 6.04 Å². The Balaban J connectivity index is 2.34. The molecule has 94 valence electrons. The van der Waals surface area contributed by atoms with Gasteiger partial charge in [0.2, 0.25) is 0 Å². The molecule has 0 bridgehead atoms. The number of methoxy groups -OCH3 is 1. The molecule has 0 radical (unpaired) electrons. The minimum absolute atomic E-state index is 0.223. The molecule has 2 unspecified atom stereocenters. The highest BCUT2D eigenvalue weighted by atomic mass is 32.2. The molecule has 1 saturated heterocycles. The second-order valence-corrected chi connectivity index (χ2v) is 5.37. The number of β-amino-alcohol motifs (C(OH)–C–C–N with tert-alkyl or cyclic N) is 1. The second-order valence-electron chi connectivity index (χ2n) is 3.97. The Labute approximate surface area is 101 Å². The third kappa shape index (κ3) is 3.96. The van der Waals surface area contributed by atoms with Crippen LogP contribution in [-0.2, 0) is 9.53 Å². The molecule has 1 heterocycles. The van der Waals surface area contributed by atoms with Gasteiger partial charge in [-0.2, -0.15) is 11.8 Å². The second kappa shape index (κ2) is 7.14. The summed E-state index contributed by atoms with van der Waals surface area (Å²) >= 11 is 1.90. The molecule has 4 nitrogen and oxygen atoms in total. The van der Waals surface area contributed by atoms with E-state index in [4.69, 9.17) is 4.74 Å². The summed E-state index contributed by atoms with van der Waals surface area (Å²) < 4.78 is 4.74. The molecule has 1 aliphatic heterocycles. The van der Waals surface area contributed by atoms with Crippen LogP contribution in [-0.4, -0.2) is 59.8 Å². The number of thioether (sulfide) groups is 1. The fraction of sp³-hybridized carbons (Fsp3) is 0.909. The fourth-order valence-electron chi connectivity index (χ4n) is 2.02. The van der Waals surface area contributed by atoms with Crippen LogP contribution in [0.3, 0.4) is 0 Å². The van der Waals surface area contributed by atoms with E-state index in [1.165, 1.54) is 7.11 Å². The number of carbonyl (C=O) groups is 1. The molecule has 1 aliphatic rings. The Bertz CT molecular complexity index is 225. The number of nitrogens with zero attached hydrogens (tertiary/aromatic N) is 1. The Hall–Kier alpha value is -0.260. The van der Waals surface area contributed by atoms with Crippen LogP contribution in [0.5, 0.6) is 0 Å². The summed E-state index contributed by atoms with van der Waals surface area (Å²) in [7, 11) is 1.40. The molecule has 0 aromatic carbocycles. The zero-order valence-corrected chi connectivity index (χ0v) is 10.8. The lowest BCUT2D eigenvalue weighted by atomic mass is 10.2. The predicted octanol–water partition coefficient (Wildman–Crippen LogP) is 0.738. The monoisotopic (exact) mass is 247 g/mol. The van der Waals surface area contributed by atoms with Crippen molar-refractivity contribution < 1.29 is 14.6 Å². The predicted molar refractivity (Wildman–Crippen MR) is 65.6 cm³/mol. The van der Waals surface area contributed by atoms with Crippen LogP contribution in [0.2, 0.25) is 0 Å². The number of ether oxygens (including phenoxy) is 1. The first kappa shape index (κ1) is 13.8. The molecule has 1 rings (SSSR count). The summed E-state index contributed by atoms with van der Waals surface area (Å²) in [6.45, 7) is 3.60. The number of aliphatic hydroxyl groups is 1. The van der Waals surface area contributed by atoms with Gasteiger partial charge in [-0.05, 0) is 24.5 Å². The van der Waals surface area contributed by atoms with Gasteiger partial charge in [0.05, 0.1) is 13.2 Å². The van der Waals surface area contributed by atoms with Gasteiger partial charge in [-0.1, -0.05) is 6.92 Å². The SMILES string of the molecule is CCSCCCN1CC(O)CC1C(=O)OC. The van der Waals surface area contributed by atoms with Gasteiger partial charge in [-0.3, -0.25) is 9.69 Å². The molecule has 0 saturated carbocycles. The molecule has 5 heteroatoms. The van der Waals surface area contributed by atoms with E-state index in [9.17, 15) is 9.90 Å². The molecule has 1 fully saturated rings. The van der Waals surface area contributed by atoms with Crippen LogP contribution < -0.4 is 0 Å². The number of hydrogen-bond donors (Lipinski definition) is 1. The van der Waals surface area contributed by atoms with Crippen molar-refractivity contribution in [1.82, 2.24) is 4.90 Å². The first-order valence-electron chi connectivity index (χ1n) is 5.76. The largest absolute Gasteiger partial charge is 0.468 e. The summed E-state index contributed by atoms with van der Waals surface area (Å²) in [6.07, 6.45) is 1.18. The molecule has 0 spiro atoms. The highest BCUT2D eigenvalue weighted by Gasteiger charge is 2.36. The van der Waals surface area contributed by atoms with E-state index in [2.05, 4.69) is 6.92 Å². The van der Waals surface area contributed by atoms with Crippen LogP contribution in [0.4, 0.5) is 0 Å². The lowest BCUT2D eigenvalue weighted by Crippen LogP contribution is -2.37. The van der Waals surface area contributed by atoms with Crippen molar-refractivity contribution in [2.75, 3.05) is 31.7 Å². The van der Waals surface area contributed by atoms with Crippen LogP contribution in [0.15, 0.2) is 0 Å². The van der Waals surface area contributed by atoms with Crippen molar-refractivity contribution in [1.29, 1.82) is 0 Å². The zero-order valence-electron chi connectivity index (χ0n) is 10.0. The standard InChI is InChI=1S/C11H21NO3S/c1-3-16-6-4-5-12-8-9(13)7-10(12)11(14)15-2/h9-10,13H,3-8H2,1-2H3. The summed E-state index contributed by atoms with van der Waals surface area (Å²) in [5.41, 5.74) is 0. The molecule has 0 aliphatic carbocycles. The van der Waals surface area contributed by atoms with Gasteiger partial charge in [-0.15, -0.1) is 0 Å². The van der Waals surface area contributed by atoms with Crippen LogP contribution in [0.1, 0.15) is 19.8 Å². The van der Waals surface area contributed by atoms with E-state index in [1.54, 1.807) is 0 Å². The Morgan fingerprint density at radius 3 is 3.00 bits per heavy atom. The Morgan fingerprint density at radius 2 is 2.38 bits per heavy atom. The van der Waals surface area contributed by atoms with Gasteiger partial charge >= 0.3 is 5.97 Å². The summed E-state index contributed by atoms with van der Waals surface area (Å²) in [6, 6.07) is -0.244. The van der Waals surface area contributed by atoms with E-state index >= 15 is 0 Å². The maximum atomic E-state index is 11.5. The first-order valence-corrected chi connectivity index (χ1v) is 6.92. The van der Waals surface area contributed by atoms with E-state index in [0.29, 0.717) is 13.0 Å². The van der Waals surface area contributed by atoms with Crippen LogP contribution in [0.25, 0.3) is 0 Å². The average molecular weight is 247 g/mol. The fourth-order valence-corrected chi connectivity index (χ4v) is 2.64. The van der Waals surface area contributed by atoms with Crippen molar-refractivity contribution in [2.45, 2.75) is 31.9 Å². The minimum Gasteiger partial charge on any atom is -0.468 e. The van der Waals surface area contributed by atoms with E-state index in [0.717, 1.165) is 24.5 Å². The van der Waals surface area contributed by atoms with Gasteiger partial charge in [0, 0.05) is 13.0 Å². The third-order valence-electron chi connectivity index (χ3n) is 2.79. The lowest BCUT2D eigenvalue weighted by Gasteiger charge is -2.21. The number of likely N-dealkylation sites (tertiary alicyclic amines) is 1. The molecular weight excluding hydrogens is 226 g/mol. The highest BCUT2D eigenvalue weighted by Crippen LogP contribution is 2.19. The van der Waals surface area contributed by atoms with Gasteiger partial charge < -0.3 is 9.84 Å². The molecule has 0 aromatic heterocycles. The van der Waals surface area contributed by atoms with Crippen molar-refractivity contribution in [2.24, 2.45) is 0 Å². The van der Waals surface area contributed by atoms with Crippen molar-refractivity contribution in [3.8, 4) is 0 Å². The van der Waals surface area contributed by atoms with Crippen LogP contribution in [0, 0.1) is 0 Å². The maximum Gasteiger partial charge on any atom is 0.323 e. The number of esters is 1. The Morgan fingerprint density at radius 1 is 1.62 bits per heavy atom. The molecule has 16 heavy (non-hydrogen) atoms. The number of aliphatic hydroxyl groups excluding tert-OH is 1. The van der Waals surface area contributed by atoms with E-state index < -0.39 is 0 Å². The zero-order chi connectivity index (χ0) is 12.0. The summed E-state index contributed by atoms with van der Waals surface area (Å²) in [4.78, 5) is 13.5. The maximum absolute atomic E-state index is 11.5. The molecule has 1 N–H and O–H groups in total. The normalized spacial score (nSPS) is 25.9. The summed E-state index contributed by atoms with van der Waals surface area (Å²) in [5, 5.41) is 9.56. The third-order valence-corrected chi connectivity index (χ3v) is 3.78. The van der Waals surface area contributed by atoms with Crippen molar-refractivity contribution in [3.05, 3.63) is 0 Å². The number of hydrogen-bond acceptors (Lipinski definition) is 5. The summed E-state index contributed by atoms with van der Waals surface area (Å²) in [5.74, 6) is 2.01. The van der Waals surface area contributed by atoms with Crippen LogP contribution >= 0.6 is 11.8 Å². The average Bonchev–Trinajstić information content (AvgIpc) is 2.65. The van der Waals surface area contributed by atoms with Gasteiger partial charge in [0.25, 0.3) is 0 Å². The van der Waals surface area contributed by atoms with Gasteiger partial charge in [-0.25, -0.2) is 0 Å². The molecule has 0 amide bonds. The van der Waals surface area contributed by atoms with Crippen molar-refractivity contribution >= 4 is 17.7 Å².